The monoisotopic (exact) mass is 573 g/mol. The van der Waals surface area contributed by atoms with Gasteiger partial charge in [-0.25, -0.2) is 0 Å². The van der Waals surface area contributed by atoms with E-state index in [9.17, 15) is 23.2 Å². The lowest BCUT2D eigenvalue weighted by atomic mass is 9.73. The highest BCUT2D eigenvalue weighted by molar-refractivity contribution is 7.98. The van der Waals surface area contributed by atoms with Crippen molar-refractivity contribution in [2.24, 2.45) is 5.73 Å². The number of anilines is 1. The molecule has 1 aliphatic carbocycles. The van der Waals surface area contributed by atoms with E-state index in [4.69, 9.17) is 5.73 Å². The van der Waals surface area contributed by atoms with Crippen LogP contribution in [-0.2, 0) is 16.7 Å². The minimum Gasteiger partial charge on any atom is -0.384 e. The van der Waals surface area contributed by atoms with E-state index in [1.807, 2.05) is 19.9 Å². The van der Waals surface area contributed by atoms with E-state index >= 15 is 0 Å². The Balaban J connectivity index is 1.61. The Morgan fingerprint density at radius 1 is 1.00 bits per heavy atom. The number of nitrogens with zero attached hydrogens (tertiary/aromatic N) is 2. The molecule has 0 saturated heterocycles. The number of rotatable bonds is 5. The summed E-state index contributed by atoms with van der Waals surface area (Å²) in [6, 6.07) is 19.4. The molecule has 3 aromatic carbocycles. The number of hydrogen-bond donors (Lipinski definition) is 1. The summed E-state index contributed by atoms with van der Waals surface area (Å²) < 4.78 is 39.7. The fraction of sp³-hybridized carbons (Fsp3) is 0.273. The summed E-state index contributed by atoms with van der Waals surface area (Å²) >= 11 is 1.72. The number of nitrogens with two attached hydrogens (primary N) is 1. The van der Waals surface area contributed by atoms with Crippen molar-refractivity contribution in [3.63, 3.8) is 0 Å². The van der Waals surface area contributed by atoms with Crippen LogP contribution in [0.15, 0.2) is 88.2 Å². The molecule has 0 aromatic heterocycles. The SMILES string of the molecule is Cc1ccc(SCc2cc(C)cc(C3C(C#N)=C(N)N(c4ccc(C(F)(F)F)cc4)C4=C3C(=O)CCC4)c2C)cc1. The predicted molar refractivity (Wildman–Crippen MR) is 156 cm³/mol. The Kier molecular flexibility index (Phi) is 7.76. The second kappa shape index (κ2) is 11.1. The number of nitriles is 1. The molecule has 0 fully saturated rings. The van der Waals surface area contributed by atoms with Crippen molar-refractivity contribution >= 4 is 23.2 Å². The van der Waals surface area contributed by atoms with Gasteiger partial charge in [-0.15, -0.1) is 11.8 Å². The number of carbonyl (C=O) groups is 1. The minimum atomic E-state index is -4.48. The molecule has 1 aliphatic heterocycles. The van der Waals surface area contributed by atoms with E-state index in [1.54, 1.807) is 16.7 Å². The van der Waals surface area contributed by atoms with Crippen molar-refractivity contribution in [2.45, 2.75) is 62.8 Å². The molecule has 2 aliphatic rings. The van der Waals surface area contributed by atoms with Gasteiger partial charge in [0.15, 0.2) is 5.78 Å². The zero-order chi connectivity index (χ0) is 29.5. The maximum atomic E-state index is 13.6. The normalized spacial score (nSPS) is 17.5. The molecule has 2 N–H and O–H groups in total. The van der Waals surface area contributed by atoms with Crippen LogP contribution >= 0.6 is 11.8 Å². The molecule has 8 heteroatoms. The maximum Gasteiger partial charge on any atom is 0.416 e. The summed E-state index contributed by atoms with van der Waals surface area (Å²) in [6.07, 6.45) is -3.01. The number of thioether (sulfide) groups is 1. The standard InChI is InChI=1S/C33H30F3N3OS/c1-19-7-13-25(14-8-19)41-18-22-15-20(2)16-26(21(22)3)30-27(17-37)32(38)39(28-5-4-6-29(40)31(28)30)24-11-9-23(10-12-24)33(34,35)36/h7-16,30H,4-6,18,38H2,1-3H3. The Morgan fingerprint density at radius 3 is 2.32 bits per heavy atom. The first-order chi connectivity index (χ1) is 19.5. The fourth-order valence-corrected chi connectivity index (χ4v) is 6.65. The van der Waals surface area contributed by atoms with Crippen LogP contribution in [-0.4, -0.2) is 5.78 Å². The van der Waals surface area contributed by atoms with E-state index < -0.39 is 17.7 Å². The van der Waals surface area contributed by atoms with E-state index in [0.717, 1.165) is 45.0 Å². The zero-order valence-electron chi connectivity index (χ0n) is 23.1. The van der Waals surface area contributed by atoms with Gasteiger partial charge in [-0.05, 0) is 86.7 Å². The molecule has 0 amide bonds. The van der Waals surface area contributed by atoms with Gasteiger partial charge in [0.05, 0.1) is 23.1 Å². The second-order valence-corrected chi connectivity index (χ2v) is 11.6. The number of alkyl halides is 3. The van der Waals surface area contributed by atoms with Crippen LogP contribution in [0.1, 0.15) is 58.6 Å². The second-order valence-electron chi connectivity index (χ2n) is 10.6. The van der Waals surface area contributed by atoms with Crippen molar-refractivity contribution in [1.29, 1.82) is 5.26 Å². The third kappa shape index (κ3) is 5.51. The van der Waals surface area contributed by atoms with Gasteiger partial charge >= 0.3 is 6.18 Å². The first-order valence-corrected chi connectivity index (χ1v) is 14.4. The lowest BCUT2D eigenvalue weighted by Gasteiger charge is -2.40. The molecule has 3 aromatic rings. The van der Waals surface area contributed by atoms with E-state index in [2.05, 4.69) is 43.3 Å². The lowest BCUT2D eigenvalue weighted by molar-refractivity contribution is -0.137. The molecular weight excluding hydrogens is 543 g/mol. The molecule has 0 saturated carbocycles. The van der Waals surface area contributed by atoms with Crippen LogP contribution in [0.4, 0.5) is 18.9 Å². The summed E-state index contributed by atoms with van der Waals surface area (Å²) in [5.41, 5.74) is 12.8. The summed E-state index contributed by atoms with van der Waals surface area (Å²) in [6.45, 7) is 6.06. The van der Waals surface area contributed by atoms with Crippen molar-refractivity contribution in [2.75, 3.05) is 4.90 Å². The summed E-state index contributed by atoms with van der Waals surface area (Å²) in [4.78, 5) is 16.3. The molecule has 1 heterocycles. The first kappa shape index (κ1) is 28.6. The quantitative estimate of drug-likeness (QED) is 0.312. The van der Waals surface area contributed by atoms with Crippen LogP contribution in [0.5, 0.6) is 0 Å². The predicted octanol–water partition coefficient (Wildman–Crippen LogP) is 8.23. The van der Waals surface area contributed by atoms with Crippen molar-refractivity contribution in [3.8, 4) is 6.07 Å². The van der Waals surface area contributed by atoms with Crippen molar-refractivity contribution in [1.82, 2.24) is 0 Å². The number of ketones is 1. The van der Waals surface area contributed by atoms with Crippen molar-refractivity contribution < 1.29 is 18.0 Å². The topological polar surface area (TPSA) is 70.1 Å². The Hall–Kier alpha value is -3.96. The number of hydrogen-bond acceptors (Lipinski definition) is 5. The van der Waals surface area contributed by atoms with E-state index in [-0.39, 0.29) is 17.2 Å². The number of aryl methyl sites for hydroxylation is 2. The highest BCUT2D eigenvalue weighted by Crippen LogP contribution is 2.48. The minimum absolute atomic E-state index is 0.0649. The molecule has 41 heavy (non-hydrogen) atoms. The number of allylic oxidation sites excluding steroid dienone is 3. The van der Waals surface area contributed by atoms with Gasteiger partial charge in [0, 0.05) is 34.0 Å². The van der Waals surface area contributed by atoms with Gasteiger partial charge in [-0.2, -0.15) is 18.4 Å². The molecule has 1 unspecified atom stereocenters. The van der Waals surface area contributed by atoms with Gasteiger partial charge < -0.3 is 5.73 Å². The molecule has 5 rings (SSSR count). The molecule has 0 spiro atoms. The molecule has 4 nitrogen and oxygen atoms in total. The van der Waals surface area contributed by atoms with Crippen LogP contribution in [0, 0.1) is 32.1 Å². The molecule has 210 valence electrons. The number of halogens is 3. The van der Waals surface area contributed by atoms with Gasteiger partial charge in [-0.3, -0.25) is 9.69 Å². The third-order valence-corrected chi connectivity index (χ3v) is 8.85. The van der Waals surface area contributed by atoms with Crippen LogP contribution in [0.2, 0.25) is 0 Å². The average molecular weight is 574 g/mol. The molecular formula is C33H30F3N3OS. The number of carbonyl (C=O) groups excluding carboxylic acids is 1. The van der Waals surface area contributed by atoms with Gasteiger partial charge in [0.25, 0.3) is 0 Å². The average Bonchev–Trinajstić information content (AvgIpc) is 2.93. The van der Waals surface area contributed by atoms with E-state index in [0.29, 0.717) is 36.2 Å². The number of Topliss-reactive ketones (excluding diaryl/α,β-unsaturated/α-hetero) is 1. The summed E-state index contributed by atoms with van der Waals surface area (Å²) in [5.74, 6) is 0.151. The fourth-order valence-electron chi connectivity index (χ4n) is 5.70. The number of benzene rings is 3. The molecule has 1 atom stereocenters. The van der Waals surface area contributed by atoms with Crippen molar-refractivity contribution in [3.05, 3.63) is 117 Å². The van der Waals surface area contributed by atoms with Gasteiger partial charge in [-0.1, -0.05) is 35.4 Å². The van der Waals surface area contributed by atoms with Crippen LogP contribution < -0.4 is 10.6 Å². The molecule has 0 radical (unpaired) electrons. The Morgan fingerprint density at radius 2 is 1.68 bits per heavy atom. The van der Waals surface area contributed by atoms with Gasteiger partial charge in [0.1, 0.15) is 5.82 Å². The summed E-state index contributed by atoms with van der Waals surface area (Å²) in [5, 5.41) is 10.4. The maximum absolute atomic E-state index is 13.6. The first-order valence-electron chi connectivity index (χ1n) is 13.4. The Labute approximate surface area is 242 Å². The highest BCUT2D eigenvalue weighted by atomic mass is 32.2. The van der Waals surface area contributed by atoms with Crippen LogP contribution in [0.25, 0.3) is 0 Å². The lowest BCUT2D eigenvalue weighted by Crippen LogP contribution is -2.39. The third-order valence-electron chi connectivity index (χ3n) is 7.79. The summed E-state index contributed by atoms with van der Waals surface area (Å²) in [7, 11) is 0. The molecule has 0 bridgehead atoms. The smallest absolute Gasteiger partial charge is 0.384 e. The highest BCUT2D eigenvalue weighted by Gasteiger charge is 2.41. The van der Waals surface area contributed by atoms with E-state index in [1.165, 1.54) is 17.7 Å². The van der Waals surface area contributed by atoms with Gasteiger partial charge in [0.2, 0.25) is 0 Å². The Bertz CT molecular complexity index is 1610. The largest absolute Gasteiger partial charge is 0.416 e. The van der Waals surface area contributed by atoms with Crippen LogP contribution in [0.3, 0.4) is 0 Å². The zero-order valence-corrected chi connectivity index (χ0v) is 23.9.